The van der Waals surface area contributed by atoms with Crippen LogP contribution in [-0.2, 0) is 10.0 Å². The van der Waals surface area contributed by atoms with Gasteiger partial charge in [-0.1, -0.05) is 40.2 Å². The molecule has 8 heteroatoms. The van der Waals surface area contributed by atoms with Crippen molar-refractivity contribution in [2.24, 2.45) is 0 Å². The van der Waals surface area contributed by atoms with Crippen LogP contribution in [0.3, 0.4) is 0 Å². The van der Waals surface area contributed by atoms with Gasteiger partial charge in [0.15, 0.2) is 0 Å². The predicted octanol–water partition coefficient (Wildman–Crippen LogP) is 5.49. The fourth-order valence-electron chi connectivity index (χ4n) is 2.89. The Hall–Kier alpha value is -2.16. The minimum Gasteiger partial charge on any atom is -0.321 e. The molecule has 2 N–H and O–H groups in total. The maximum absolute atomic E-state index is 12.9. The van der Waals surface area contributed by atoms with E-state index in [1.807, 2.05) is 26.8 Å². The number of hydrogen-bond acceptors (Lipinski definition) is 4. The molecule has 146 valence electrons. The first kappa shape index (κ1) is 20.6. The van der Waals surface area contributed by atoms with Crippen molar-refractivity contribution in [3.05, 3.63) is 73.9 Å². The van der Waals surface area contributed by atoms with Gasteiger partial charge in [0.2, 0.25) is 0 Å². The minimum absolute atomic E-state index is 0.140. The zero-order valence-corrected chi connectivity index (χ0v) is 18.8. The molecule has 0 aliphatic carbocycles. The average Bonchev–Trinajstić information content (AvgIpc) is 3.11. The van der Waals surface area contributed by atoms with Crippen LogP contribution in [0.2, 0.25) is 0 Å². The van der Waals surface area contributed by atoms with Crippen LogP contribution in [0.1, 0.15) is 26.4 Å². The highest BCUT2D eigenvalue weighted by atomic mass is 79.9. The zero-order valence-electron chi connectivity index (χ0n) is 15.5. The number of rotatable bonds is 5. The fraction of sp³-hybridized carbons (Fsp3) is 0.150. The molecular formula is C20H19BrN2O3S2. The summed E-state index contributed by atoms with van der Waals surface area (Å²) in [6.45, 7) is 5.84. The van der Waals surface area contributed by atoms with Crippen molar-refractivity contribution in [2.45, 2.75) is 25.7 Å². The molecule has 1 amide bonds. The molecule has 0 saturated carbocycles. The van der Waals surface area contributed by atoms with E-state index >= 15 is 0 Å². The lowest BCUT2D eigenvalue weighted by molar-refractivity contribution is 0.103. The van der Waals surface area contributed by atoms with Gasteiger partial charge in [-0.2, -0.15) is 0 Å². The minimum atomic E-state index is -3.77. The molecule has 5 nitrogen and oxygen atoms in total. The molecule has 0 saturated heterocycles. The van der Waals surface area contributed by atoms with Crippen molar-refractivity contribution in [1.82, 2.24) is 0 Å². The number of anilines is 2. The molecule has 0 fully saturated rings. The quantitative estimate of drug-likeness (QED) is 0.508. The summed E-state index contributed by atoms with van der Waals surface area (Å²) in [7, 11) is -3.77. The lowest BCUT2D eigenvalue weighted by Gasteiger charge is -2.15. The smallest absolute Gasteiger partial charge is 0.267 e. The lowest BCUT2D eigenvalue weighted by atomic mass is 10.0. The van der Waals surface area contributed by atoms with Crippen LogP contribution in [0.25, 0.3) is 0 Å². The third-order valence-electron chi connectivity index (χ3n) is 4.29. The van der Waals surface area contributed by atoms with Gasteiger partial charge in [-0.25, -0.2) is 8.42 Å². The number of aryl methyl sites for hydroxylation is 2. The van der Waals surface area contributed by atoms with Gasteiger partial charge >= 0.3 is 0 Å². The van der Waals surface area contributed by atoms with E-state index in [0.717, 1.165) is 21.2 Å². The zero-order chi connectivity index (χ0) is 20.5. The van der Waals surface area contributed by atoms with Gasteiger partial charge in [-0.15, -0.1) is 11.3 Å². The monoisotopic (exact) mass is 478 g/mol. The maximum Gasteiger partial charge on any atom is 0.267 e. The Morgan fingerprint density at radius 2 is 1.71 bits per heavy atom. The summed E-state index contributed by atoms with van der Waals surface area (Å²) in [5, 5.41) is 4.60. The highest BCUT2D eigenvalue weighted by Gasteiger charge is 2.21. The predicted molar refractivity (Wildman–Crippen MR) is 118 cm³/mol. The van der Waals surface area contributed by atoms with E-state index in [1.165, 1.54) is 23.5 Å². The molecule has 0 atom stereocenters. The number of hydrogen-bond donors (Lipinski definition) is 2. The second kappa shape index (κ2) is 8.06. The Kier molecular flexibility index (Phi) is 5.92. The fourth-order valence-corrected chi connectivity index (χ4v) is 5.11. The van der Waals surface area contributed by atoms with Crippen molar-refractivity contribution < 1.29 is 13.2 Å². The van der Waals surface area contributed by atoms with Gasteiger partial charge in [0.1, 0.15) is 4.88 Å². The largest absolute Gasteiger partial charge is 0.321 e. The first-order valence-electron chi connectivity index (χ1n) is 8.43. The first-order valence-corrected chi connectivity index (χ1v) is 11.6. The standard InChI is InChI=1S/C20H19BrN2O3S2/c1-12-11-13(2)18(14(3)17(12)21)22-20(24)19-16(9-10-27-19)23-28(25,26)15-7-5-4-6-8-15/h4-11,23H,1-3H3,(H,22,24). The molecule has 1 heterocycles. The van der Waals surface area contributed by atoms with Crippen LogP contribution in [0, 0.1) is 20.8 Å². The van der Waals surface area contributed by atoms with Crippen LogP contribution < -0.4 is 10.0 Å². The van der Waals surface area contributed by atoms with E-state index in [4.69, 9.17) is 0 Å². The lowest BCUT2D eigenvalue weighted by Crippen LogP contribution is -2.18. The molecule has 0 spiro atoms. The van der Waals surface area contributed by atoms with E-state index in [1.54, 1.807) is 29.6 Å². The second-order valence-corrected chi connectivity index (χ2v) is 9.75. The number of carbonyl (C=O) groups excluding carboxylic acids is 1. The molecule has 3 rings (SSSR count). The molecule has 3 aromatic rings. The molecule has 1 aromatic heterocycles. The Bertz CT molecular complexity index is 1140. The van der Waals surface area contributed by atoms with E-state index in [9.17, 15) is 13.2 Å². The number of amides is 1. The third-order valence-corrected chi connectivity index (χ3v) is 7.80. The molecule has 28 heavy (non-hydrogen) atoms. The summed E-state index contributed by atoms with van der Waals surface area (Å²) in [4.78, 5) is 13.3. The molecule has 2 aromatic carbocycles. The van der Waals surface area contributed by atoms with Gasteiger partial charge in [0.05, 0.1) is 10.6 Å². The summed E-state index contributed by atoms with van der Waals surface area (Å²) in [6.07, 6.45) is 0. The van der Waals surface area contributed by atoms with E-state index in [0.29, 0.717) is 10.6 Å². The van der Waals surface area contributed by atoms with Crippen LogP contribution in [-0.4, -0.2) is 14.3 Å². The number of thiophene rings is 1. The van der Waals surface area contributed by atoms with Gasteiger partial charge in [0, 0.05) is 10.2 Å². The summed E-state index contributed by atoms with van der Waals surface area (Å²) in [5.41, 5.74) is 3.92. The Morgan fingerprint density at radius 3 is 2.39 bits per heavy atom. The van der Waals surface area contributed by atoms with Crippen molar-refractivity contribution in [3.63, 3.8) is 0 Å². The van der Waals surface area contributed by atoms with Gasteiger partial charge < -0.3 is 5.32 Å². The Morgan fingerprint density at radius 1 is 1.04 bits per heavy atom. The highest BCUT2D eigenvalue weighted by Crippen LogP contribution is 2.32. The summed E-state index contributed by atoms with van der Waals surface area (Å²) in [5.74, 6) is -0.359. The van der Waals surface area contributed by atoms with Crippen molar-refractivity contribution in [2.75, 3.05) is 10.0 Å². The average molecular weight is 479 g/mol. The molecule has 0 aliphatic heterocycles. The van der Waals surface area contributed by atoms with Crippen molar-refractivity contribution in [3.8, 4) is 0 Å². The molecule has 0 bridgehead atoms. The molecule has 0 unspecified atom stereocenters. The number of carbonyl (C=O) groups is 1. The summed E-state index contributed by atoms with van der Waals surface area (Å²) < 4.78 is 28.6. The van der Waals surface area contributed by atoms with Crippen LogP contribution in [0.5, 0.6) is 0 Å². The topological polar surface area (TPSA) is 75.3 Å². The van der Waals surface area contributed by atoms with Crippen molar-refractivity contribution >= 4 is 54.6 Å². The van der Waals surface area contributed by atoms with Crippen LogP contribution in [0.15, 0.2) is 57.2 Å². The maximum atomic E-state index is 12.9. The number of benzene rings is 2. The van der Waals surface area contributed by atoms with Crippen LogP contribution in [0.4, 0.5) is 11.4 Å². The van der Waals surface area contributed by atoms with Crippen LogP contribution >= 0.6 is 27.3 Å². The van der Waals surface area contributed by atoms with Gasteiger partial charge in [-0.3, -0.25) is 9.52 Å². The highest BCUT2D eigenvalue weighted by molar-refractivity contribution is 9.10. The number of halogens is 1. The van der Waals surface area contributed by atoms with E-state index in [-0.39, 0.29) is 16.5 Å². The Labute approximate surface area is 177 Å². The number of nitrogens with one attached hydrogen (secondary N) is 2. The SMILES string of the molecule is Cc1cc(C)c(NC(=O)c2sccc2NS(=O)(=O)c2ccccc2)c(C)c1Br. The summed E-state index contributed by atoms with van der Waals surface area (Å²) >= 11 is 4.72. The first-order chi connectivity index (χ1) is 13.2. The van der Waals surface area contributed by atoms with Gasteiger partial charge in [0.25, 0.3) is 15.9 Å². The molecule has 0 aliphatic rings. The summed E-state index contributed by atoms with van der Waals surface area (Å²) in [6, 6.07) is 11.6. The number of sulfonamides is 1. The van der Waals surface area contributed by atoms with E-state index in [2.05, 4.69) is 26.0 Å². The van der Waals surface area contributed by atoms with Crippen molar-refractivity contribution in [1.29, 1.82) is 0 Å². The molecule has 0 radical (unpaired) electrons. The third kappa shape index (κ3) is 4.14. The van der Waals surface area contributed by atoms with E-state index < -0.39 is 10.0 Å². The van der Waals surface area contributed by atoms with Gasteiger partial charge in [-0.05, 0) is 61.0 Å². The molecular weight excluding hydrogens is 460 g/mol. The second-order valence-electron chi connectivity index (χ2n) is 6.36. The normalized spacial score (nSPS) is 11.3. The Balaban J connectivity index is 1.89.